The maximum Gasteiger partial charge on any atom is 0.336 e. The molecule has 6 heteroatoms. The molecule has 5 nitrogen and oxygen atoms in total. The van der Waals surface area contributed by atoms with E-state index in [0.717, 1.165) is 5.39 Å². The molecule has 0 saturated carbocycles. The van der Waals surface area contributed by atoms with Gasteiger partial charge < -0.3 is 15.3 Å². The van der Waals surface area contributed by atoms with E-state index < -0.39 is 12.0 Å². The third-order valence-electron chi connectivity index (χ3n) is 2.04. The van der Waals surface area contributed by atoms with E-state index in [4.69, 9.17) is 15.3 Å². The van der Waals surface area contributed by atoms with Gasteiger partial charge in [0.05, 0.1) is 0 Å². The normalized spacial score (nSPS) is 11.4. The van der Waals surface area contributed by atoms with Gasteiger partial charge in [-0.25, -0.2) is 4.79 Å². The standard InChI is InChI=1S/C9H6O2.C3H7NO2S/c10-9-6-5-7-3-1-2-4-8(7)11-9;4-2(1-7)3(5)6/h1-6H;2,7H,1,4H2,(H,5,6). The Labute approximate surface area is 109 Å². The first kappa shape index (κ1) is 14.3. The van der Waals surface area contributed by atoms with Crippen LogP contribution >= 0.6 is 12.6 Å². The van der Waals surface area contributed by atoms with E-state index in [9.17, 15) is 9.59 Å². The van der Waals surface area contributed by atoms with Crippen molar-refractivity contribution in [1.82, 2.24) is 0 Å². The molecular formula is C12H13NO4S. The maximum absolute atomic E-state index is 10.7. The van der Waals surface area contributed by atoms with Crippen LogP contribution in [-0.2, 0) is 4.79 Å². The number of thiol groups is 1. The van der Waals surface area contributed by atoms with Crippen LogP contribution < -0.4 is 11.4 Å². The maximum atomic E-state index is 10.7. The summed E-state index contributed by atoms with van der Waals surface area (Å²) < 4.78 is 4.91. The van der Waals surface area contributed by atoms with Crippen LogP contribution in [0.25, 0.3) is 11.0 Å². The third-order valence-corrected chi connectivity index (χ3v) is 2.44. The molecule has 0 aliphatic heterocycles. The first-order valence-electron chi connectivity index (χ1n) is 5.12. The molecule has 1 aromatic heterocycles. The molecule has 96 valence electrons. The molecule has 0 aliphatic carbocycles. The number of carbonyl (C=O) groups is 1. The molecule has 3 N–H and O–H groups in total. The van der Waals surface area contributed by atoms with Crippen LogP contribution in [0.1, 0.15) is 0 Å². The number of fused-ring (bicyclic) bond motifs is 1. The van der Waals surface area contributed by atoms with Gasteiger partial charge in [0.1, 0.15) is 11.6 Å². The summed E-state index contributed by atoms with van der Waals surface area (Å²) in [7, 11) is 0. The minimum Gasteiger partial charge on any atom is -0.480 e. The molecule has 1 unspecified atom stereocenters. The molecule has 0 amide bonds. The lowest BCUT2D eigenvalue weighted by Crippen LogP contribution is -2.31. The average molecular weight is 267 g/mol. The Kier molecular flexibility index (Phi) is 5.41. The summed E-state index contributed by atoms with van der Waals surface area (Å²) >= 11 is 3.65. The van der Waals surface area contributed by atoms with E-state index >= 15 is 0 Å². The van der Waals surface area contributed by atoms with Crippen molar-refractivity contribution in [1.29, 1.82) is 0 Å². The van der Waals surface area contributed by atoms with Gasteiger partial charge in [0.25, 0.3) is 0 Å². The summed E-state index contributed by atoms with van der Waals surface area (Å²) in [5.74, 6) is -0.815. The molecular weight excluding hydrogens is 254 g/mol. The Morgan fingerprint density at radius 3 is 2.56 bits per heavy atom. The second-order valence-electron chi connectivity index (χ2n) is 3.42. The second-order valence-corrected chi connectivity index (χ2v) is 3.78. The smallest absolute Gasteiger partial charge is 0.336 e. The van der Waals surface area contributed by atoms with E-state index in [-0.39, 0.29) is 11.4 Å². The van der Waals surface area contributed by atoms with Gasteiger partial charge in [0.15, 0.2) is 0 Å². The topological polar surface area (TPSA) is 93.5 Å². The van der Waals surface area contributed by atoms with Gasteiger partial charge >= 0.3 is 11.6 Å². The number of benzene rings is 1. The number of hydrogen-bond acceptors (Lipinski definition) is 5. The summed E-state index contributed by atoms with van der Waals surface area (Å²) in [6.07, 6.45) is 0. The Bertz CT molecular complexity index is 581. The number of rotatable bonds is 2. The lowest BCUT2D eigenvalue weighted by Gasteiger charge is -1.96. The van der Waals surface area contributed by atoms with Crippen LogP contribution in [0.3, 0.4) is 0 Å². The molecule has 0 saturated heterocycles. The van der Waals surface area contributed by atoms with E-state index in [0.29, 0.717) is 5.58 Å². The molecule has 18 heavy (non-hydrogen) atoms. The van der Waals surface area contributed by atoms with Gasteiger partial charge in [0, 0.05) is 17.2 Å². The Morgan fingerprint density at radius 1 is 1.33 bits per heavy atom. The average Bonchev–Trinajstić information content (AvgIpc) is 2.38. The summed E-state index contributed by atoms with van der Waals surface area (Å²) in [4.78, 5) is 20.5. The molecule has 0 fully saturated rings. The molecule has 2 rings (SSSR count). The lowest BCUT2D eigenvalue weighted by atomic mass is 10.2. The number of carboxylic acids is 1. The quantitative estimate of drug-likeness (QED) is 0.560. The van der Waals surface area contributed by atoms with E-state index in [1.165, 1.54) is 6.07 Å². The third kappa shape index (κ3) is 4.23. The van der Waals surface area contributed by atoms with Gasteiger partial charge in [-0.05, 0) is 12.1 Å². The zero-order chi connectivity index (χ0) is 13.5. The highest BCUT2D eigenvalue weighted by molar-refractivity contribution is 7.80. The van der Waals surface area contributed by atoms with Crippen LogP contribution in [0.5, 0.6) is 0 Å². The number of carboxylic acid groups (broad SMARTS) is 1. The van der Waals surface area contributed by atoms with Crippen LogP contribution in [0.2, 0.25) is 0 Å². The summed E-state index contributed by atoms with van der Waals surface area (Å²) in [6, 6.07) is 9.77. The van der Waals surface area contributed by atoms with Crippen LogP contribution in [0, 0.1) is 0 Å². The monoisotopic (exact) mass is 267 g/mol. The van der Waals surface area contributed by atoms with Crippen LogP contribution in [-0.4, -0.2) is 22.9 Å². The number of aliphatic carboxylic acids is 1. The summed E-state index contributed by atoms with van der Waals surface area (Å²) in [6.45, 7) is 0. The molecule has 0 bridgehead atoms. The van der Waals surface area contributed by atoms with E-state index in [2.05, 4.69) is 12.6 Å². The van der Waals surface area contributed by atoms with Gasteiger partial charge in [-0.3, -0.25) is 4.79 Å². The van der Waals surface area contributed by atoms with Crippen LogP contribution in [0.4, 0.5) is 0 Å². The predicted molar refractivity (Wildman–Crippen MR) is 71.9 cm³/mol. The molecule has 0 aliphatic rings. The van der Waals surface area contributed by atoms with Gasteiger partial charge in [-0.1, -0.05) is 18.2 Å². The van der Waals surface area contributed by atoms with Crippen LogP contribution in [0.15, 0.2) is 45.6 Å². The fourth-order valence-corrected chi connectivity index (χ4v) is 1.25. The fourth-order valence-electron chi connectivity index (χ4n) is 1.09. The summed E-state index contributed by atoms with van der Waals surface area (Å²) in [5, 5.41) is 8.96. The minimum atomic E-state index is -1.00. The van der Waals surface area contributed by atoms with E-state index in [1.807, 2.05) is 18.2 Å². The van der Waals surface area contributed by atoms with Crippen molar-refractivity contribution in [3.8, 4) is 0 Å². The molecule has 1 atom stereocenters. The predicted octanol–water partition coefficient (Wildman–Crippen LogP) is 1.12. The highest BCUT2D eigenvalue weighted by Gasteiger charge is 2.06. The SMILES string of the molecule is NC(CS)C(=O)O.O=c1ccc2ccccc2o1. The Hall–Kier alpha value is -1.79. The van der Waals surface area contributed by atoms with Crippen molar-refractivity contribution in [2.24, 2.45) is 5.73 Å². The fraction of sp³-hybridized carbons (Fsp3) is 0.167. The van der Waals surface area contributed by atoms with E-state index in [1.54, 1.807) is 12.1 Å². The van der Waals surface area contributed by atoms with Gasteiger partial charge in [-0.15, -0.1) is 0 Å². The molecule has 0 radical (unpaired) electrons. The first-order valence-corrected chi connectivity index (χ1v) is 5.76. The number of hydrogen-bond donors (Lipinski definition) is 3. The zero-order valence-corrected chi connectivity index (χ0v) is 10.3. The van der Waals surface area contributed by atoms with Crippen molar-refractivity contribution in [2.45, 2.75) is 6.04 Å². The van der Waals surface area contributed by atoms with Crippen molar-refractivity contribution in [2.75, 3.05) is 5.75 Å². The van der Waals surface area contributed by atoms with Crippen molar-refractivity contribution < 1.29 is 14.3 Å². The second kappa shape index (κ2) is 6.83. The van der Waals surface area contributed by atoms with Gasteiger partial charge in [-0.2, -0.15) is 12.6 Å². The largest absolute Gasteiger partial charge is 0.480 e. The van der Waals surface area contributed by atoms with Crippen molar-refractivity contribution in [3.05, 3.63) is 46.8 Å². The lowest BCUT2D eigenvalue weighted by molar-refractivity contribution is -0.137. The molecule has 2 aromatic rings. The minimum absolute atomic E-state index is 0.190. The highest BCUT2D eigenvalue weighted by Crippen LogP contribution is 2.08. The number of nitrogens with two attached hydrogens (primary N) is 1. The summed E-state index contributed by atoms with van der Waals surface area (Å²) in [5.41, 5.74) is 5.28. The molecule has 0 spiro atoms. The zero-order valence-electron chi connectivity index (χ0n) is 9.45. The first-order chi connectivity index (χ1) is 8.54. The Morgan fingerprint density at radius 2 is 2.00 bits per heavy atom. The van der Waals surface area contributed by atoms with Gasteiger partial charge in [0.2, 0.25) is 0 Å². The highest BCUT2D eigenvalue weighted by atomic mass is 32.1. The number of para-hydroxylation sites is 1. The molecule has 1 aromatic carbocycles. The Balaban J connectivity index is 0.000000203. The van der Waals surface area contributed by atoms with Crippen molar-refractivity contribution in [3.63, 3.8) is 0 Å². The van der Waals surface area contributed by atoms with Crippen molar-refractivity contribution >= 4 is 29.6 Å². The molecule has 1 heterocycles.